The molecule has 0 radical (unpaired) electrons. The van der Waals surface area contributed by atoms with Gasteiger partial charge in [-0.05, 0) is 49.4 Å². The number of carbonyl (C=O) groups excluding carboxylic acids is 2. The quantitative estimate of drug-likeness (QED) is 0.637. The molecule has 0 aromatic heterocycles. The van der Waals surface area contributed by atoms with E-state index in [0.29, 0.717) is 31.2 Å². The van der Waals surface area contributed by atoms with Crippen molar-refractivity contribution < 1.29 is 14.3 Å². The van der Waals surface area contributed by atoms with Crippen LogP contribution in [0.25, 0.3) is 0 Å². The molecule has 5 heteroatoms. The van der Waals surface area contributed by atoms with Gasteiger partial charge in [0.2, 0.25) is 5.91 Å². The molecule has 2 amide bonds. The third-order valence-corrected chi connectivity index (χ3v) is 5.06. The molecule has 0 spiro atoms. The summed E-state index contributed by atoms with van der Waals surface area (Å²) >= 11 is 0. The van der Waals surface area contributed by atoms with Crippen LogP contribution in [-0.2, 0) is 16.1 Å². The normalized spacial score (nSPS) is 11.8. The first-order chi connectivity index (χ1) is 14.3. The molecule has 0 unspecified atom stereocenters. The van der Waals surface area contributed by atoms with E-state index in [1.54, 1.807) is 4.90 Å². The number of benzene rings is 2. The Labute approximate surface area is 180 Å². The van der Waals surface area contributed by atoms with Crippen LogP contribution in [0.1, 0.15) is 43.9 Å². The van der Waals surface area contributed by atoms with Gasteiger partial charge in [-0.2, -0.15) is 0 Å². The number of nitrogens with one attached hydrogen (secondary N) is 1. The zero-order valence-corrected chi connectivity index (χ0v) is 18.8. The number of amides is 2. The first-order valence-electron chi connectivity index (χ1n) is 10.6. The summed E-state index contributed by atoms with van der Waals surface area (Å²) in [6.07, 6.45) is 0.534. The Hall–Kier alpha value is -2.82. The Bertz CT molecular complexity index is 831. The van der Waals surface area contributed by atoms with Gasteiger partial charge in [-0.3, -0.25) is 9.59 Å². The van der Waals surface area contributed by atoms with Crippen LogP contribution in [0.2, 0.25) is 0 Å². The molecular formula is C25H34N2O3. The Morgan fingerprint density at radius 3 is 2.30 bits per heavy atom. The van der Waals surface area contributed by atoms with E-state index in [2.05, 4.69) is 5.32 Å². The maximum Gasteiger partial charge on any atom is 0.261 e. The first-order valence-corrected chi connectivity index (χ1v) is 10.6. The van der Waals surface area contributed by atoms with Crippen LogP contribution in [0.3, 0.4) is 0 Å². The van der Waals surface area contributed by atoms with Gasteiger partial charge in [-0.1, -0.05) is 62.7 Å². The third kappa shape index (κ3) is 6.90. The van der Waals surface area contributed by atoms with Gasteiger partial charge in [-0.15, -0.1) is 0 Å². The fraction of sp³-hybridized carbons (Fsp3) is 0.440. The number of carbonyl (C=O) groups is 2. The van der Waals surface area contributed by atoms with Crippen molar-refractivity contribution in [2.45, 2.75) is 53.6 Å². The number of rotatable bonds is 10. The van der Waals surface area contributed by atoms with Gasteiger partial charge >= 0.3 is 0 Å². The van der Waals surface area contributed by atoms with Crippen LogP contribution in [0.15, 0.2) is 48.5 Å². The highest BCUT2D eigenvalue weighted by Crippen LogP contribution is 2.17. The van der Waals surface area contributed by atoms with Crippen molar-refractivity contribution in [2.24, 2.45) is 5.92 Å². The van der Waals surface area contributed by atoms with Crippen molar-refractivity contribution in [3.63, 3.8) is 0 Å². The molecular weight excluding hydrogens is 376 g/mol. The maximum atomic E-state index is 13.2. The van der Waals surface area contributed by atoms with Crippen molar-refractivity contribution in [2.75, 3.05) is 13.2 Å². The molecule has 0 fully saturated rings. The standard InChI is InChI=1S/C25H34N2O3/c1-6-23(25(29)26-15-18(2)3)27(16-21-10-8-7-9-20(21)5)24(28)17-30-22-13-11-19(4)12-14-22/h7-14,18,23H,6,15-17H2,1-5H3,(H,26,29)/t23-/m0/s1. The van der Waals surface area contributed by atoms with Gasteiger partial charge < -0.3 is 15.0 Å². The molecule has 2 aromatic carbocycles. The highest BCUT2D eigenvalue weighted by molar-refractivity contribution is 5.88. The lowest BCUT2D eigenvalue weighted by Gasteiger charge is -2.31. The average molecular weight is 411 g/mol. The molecule has 0 aliphatic rings. The molecule has 0 heterocycles. The van der Waals surface area contributed by atoms with Crippen LogP contribution >= 0.6 is 0 Å². The SMILES string of the molecule is CC[C@@H](C(=O)NCC(C)C)N(Cc1ccccc1C)C(=O)COc1ccc(C)cc1. The molecule has 0 saturated carbocycles. The zero-order valence-electron chi connectivity index (χ0n) is 18.8. The molecule has 1 atom stereocenters. The Morgan fingerprint density at radius 1 is 1.03 bits per heavy atom. The van der Waals surface area contributed by atoms with E-state index >= 15 is 0 Å². The van der Waals surface area contributed by atoms with Crippen molar-refractivity contribution in [1.82, 2.24) is 10.2 Å². The van der Waals surface area contributed by atoms with Crippen molar-refractivity contribution in [3.05, 3.63) is 65.2 Å². The predicted molar refractivity (Wildman–Crippen MR) is 120 cm³/mol. The lowest BCUT2D eigenvalue weighted by Crippen LogP contribution is -2.50. The second-order valence-corrected chi connectivity index (χ2v) is 8.11. The molecule has 5 nitrogen and oxygen atoms in total. The molecule has 0 saturated heterocycles. The zero-order chi connectivity index (χ0) is 22.1. The van der Waals surface area contributed by atoms with Crippen LogP contribution in [0, 0.1) is 19.8 Å². The number of hydrogen-bond donors (Lipinski definition) is 1. The largest absolute Gasteiger partial charge is 0.484 e. The van der Waals surface area contributed by atoms with Crippen molar-refractivity contribution in [1.29, 1.82) is 0 Å². The Balaban J connectivity index is 2.19. The summed E-state index contributed by atoms with van der Waals surface area (Å²) in [7, 11) is 0. The monoisotopic (exact) mass is 410 g/mol. The summed E-state index contributed by atoms with van der Waals surface area (Å²) in [6.45, 7) is 10.9. The Morgan fingerprint density at radius 2 is 1.70 bits per heavy atom. The van der Waals surface area contributed by atoms with E-state index in [1.807, 2.05) is 83.1 Å². The summed E-state index contributed by atoms with van der Waals surface area (Å²) in [5.41, 5.74) is 3.24. The summed E-state index contributed by atoms with van der Waals surface area (Å²) in [6, 6.07) is 15.0. The van der Waals surface area contributed by atoms with Crippen LogP contribution in [-0.4, -0.2) is 35.9 Å². The molecule has 0 bridgehead atoms. The van der Waals surface area contributed by atoms with Crippen LogP contribution in [0.4, 0.5) is 0 Å². The molecule has 0 aliphatic heterocycles. The third-order valence-electron chi connectivity index (χ3n) is 5.06. The fourth-order valence-electron chi connectivity index (χ4n) is 3.18. The van der Waals surface area contributed by atoms with Gasteiger partial charge in [0.15, 0.2) is 6.61 Å². The smallest absolute Gasteiger partial charge is 0.261 e. The molecule has 30 heavy (non-hydrogen) atoms. The average Bonchev–Trinajstić information content (AvgIpc) is 2.72. The minimum atomic E-state index is -0.544. The lowest BCUT2D eigenvalue weighted by molar-refractivity contribution is -0.143. The van der Waals surface area contributed by atoms with Crippen molar-refractivity contribution in [3.8, 4) is 5.75 Å². The van der Waals surface area contributed by atoms with E-state index in [0.717, 1.165) is 16.7 Å². The second kappa shape index (κ2) is 11.4. The van der Waals surface area contributed by atoms with Gasteiger partial charge in [0, 0.05) is 13.1 Å². The molecule has 2 aromatic rings. The summed E-state index contributed by atoms with van der Waals surface area (Å²) in [4.78, 5) is 27.7. The second-order valence-electron chi connectivity index (χ2n) is 8.11. The van der Waals surface area contributed by atoms with Crippen LogP contribution in [0.5, 0.6) is 5.75 Å². The topological polar surface area (TPSA) is 58.6 Å². The van der Waals surface area contributed by atoms with Gasteiger partial charge in [0.1, 0.15) is 11.8 Å². The van der Waals surface area contributed by atoms with E-state index < -0.39 is 6.04 Å². The first kappa shape index (κ1) is 23.5. The van der Waals surface area contributed by atoms with Gasteiger partial charge in [0.25, 0.3) is 5.91 Å². The number of aryl methyl sites for hydroxylation is 2. The van der Waals surface area contributed by atoms with Gasteiger partial charge in [-0.25, -0.2) is 0 Å². The summed E-state index contributed by atoms with van der Waals surface area (Å²) < 4.78 is 5.72. The van der Waals surface area contributed by atoms with E-state index in [4.69, 9.17) is 4.74 Å². The number of ether oxygens (including phenoxy) is 1. The van der Waals surface area contributed by atoms with Crippen molar-refractivity contribution >= 4 is 11.8 Å². The highest BCUT2D eigenvalue weighted by Gasteiger charge is 2.29. The summed E-state index contributed by atoms with van der Waals surface area (Å²) in [5.74, 6) is 0.660. The fourth-order valence-corrected chi connectivity index (χ4v) is 3.18. The molecule has 162 valence electrons. The van der Waals surface area contributed by atoms with E-state index in [1.165, 1.54) is 0 Å². The Kier molecular flexibility index (Phi) is 8.90. The number of hydrogen-bond acceptors (Lipinski definition) is 3. The highest BCUT2D eigenvalue weighted by atomic mass is 16.5. The summed E-state index contributed by atoms with van der Waals surface area (Å²) in [5, 5.41) is 2.98. The van der Waals surface area contributed by atoms with Gasteiger partial charge in [0.05, 0.1) is 0 Å². The molecule has 0 aliphatic carbocycles. The van der Waals surface area contributed by atoms with Crippen LogP contribution < -0.4 is 10.1 Å². The molecule has 1 N–H and O–H groups in total. The van der Waals surface area contributed by atoms with E-state index in [9.17, 15) is 9.59 Å². The molecule has 2 rings (SSSR count). The van der Waals surface area contributed by atoms with E-state index in [-0.39, 0.29) is 18.4 Å². The lowest BCUT2D eigenvalue weighted by atomic mass is 10.1. The predicted octanol–water partition coefficient (Wildman–Crippen LogP) is 4.26. The maximum absolute atomic E-state index is 13.2. The minimum Gasteiger partial charge on any atom is -0.484 e. The number of nitrogens with zero attached hydrogens (tertiary/aromatic N) is 1. The minimum absolute atomic E-state index is 0.108.